The van der Waals surface area contributed by atoms with E-state index >= 15 is 0 Å². The molecular formula is C14H16N2O2. The highest BCUT2D eigenvalue weighted by Gasteiger charge is 2.22. The molecule has 94 valence electrons. The van der Waals surface area contributed by atoms with Crippen LogP contribution in [0.25, 0.3) is 6.08 Å². The van der Waals surface area contributed by atoms with E-state index in [1.807, 2.05) is 24.3 Å². The third-order valence-electron chi connectivity index (χ3n) is 2.81. The Bertz CT molecular complexity index is 522. The van der Waals surface area contributed by atoms with E-state index in [-0.39, 0.29) is 17.0 Å². The predicted octanol–water partition coefficient (Wildman–Crippen LogP) is 2.16. The van der Waals surface area contributed by atoms with Crippen LogP contribution in [0.4, 0.5) is 4.79 Å². The summed E-state index contributed by atoms with van der Waals surface area (Å²) in [7, 11) is 0. The molecule has 1 aliphatic heterocycles. The van der Waals surface area contributed by atoms with Gasteiger partial charge in [0.25, 0.3) is 5.91 Å². The lowest BCUT2D eigenvalue weighted by Gasteiger charge is -2.18. The second-order valence-electron chi connectivity index (χ2n) is 5.34. The first-order valence-electron chi connectivity index (χ1n) is 5.81. The van der Waals surface area contributed by atoms with Gasteiger partial charge in [0.15, 0.2) is 0 Å². The maximum Gasteiger partial charge on any atom is 0.326 e. The van der Waals surface area contributed by atoms with Crippen LogP contribution in [0.15, 0.2) is 30.0 Å². The lowest BCUT2D eigenvalue weighted by atomic mass is 9.87. The molecule has 0 unspecified atom stereocenters. The van der Waals surface area contributed by atoms with Crippen molar-refractivity contribution in [1.29, 1.82) is 0 Å². The van der Waals surface area contributed by atoms with Gasteiger partial charge < -0.3 is 5.32 Å². The van der Waals surface area contributed by atoms with Crippen LogP contribution in [0.3, 0.4) is 0 Å². The summed E-state index contributed by atoms with van der Waals surface area (Å²) < 4.78 is 0. The van der Waals surface area contributed by atoms with Gasteiger partial charge in [0.05, 0.1) is 0 Å². The molecule has 1 fully saturated rings. The number of rotatable bonds is 1. The number of urea groups is 1. The van der Waals surface area contributed by atoms with E-state index in [0.717, 1.165) is 5.56 Å². The van der Waals surface area contributed by atoms with Crippen molar-refractivity contribution in [2.75, 3.05) is 0 Å². The van der Waals surface area contributed by atoms with Crippen molar-refractivity contribution in [2.24, 2.45) is 0 Å². The second-order valence-corrected chi connectivity index (χ2v) is 5.34. The summed E-state index contributed by atoms with van der Waals surface area (Å²) in [4.78, 5) is 22.3. The highest BCUT2D eigenvalue weighted by atomic mass is 16.2. The summed E-state index contributed by atoms with van der Waals surface area (Å²) in [5.41, 5.74) is 2.49. The molecule has 1 heterocycles. The molecule has 0 saturated carbocycles. The molecular weight excluding hydrogens is 228 g/mol. The van der Waals surface area contributed by atoms with Crippen molar-refractivity contribution in [2.45, 2.75) is 26.2 Å². The van der Waals surface area contributed by atoms with Gasteiger partial charge in [-0.25, -0.2) is 4.79 Å². The molecule has 1 aromatic carbocycles. The highest BCUT2D eigenvalue weighted by Crippen LogP contribution is 2.22. The number of hydrogen-bond acceptors (Lipinski definition) is 2. The first-order valence-corrected chi connectivity index (χ1v) is 5.81. The second kappa shape index (κ2) is 4.29. The minimum Gasteiger partial charge on any atom is -0.303 e. The summed E-state index contributed by atoms with van der Waals surface area (Å²) in [5.74, 6) is -0.389. The number of nitrogens with one attached hydrogen (secondary N) is 2. The Morgan fingerprint density at radius 3 is 2.06 bits per heavy atom. The summed E-state index contributed by atoms with van der Waals surface area (Å²) in [6, 6.07) is 7.45. The van der Waals surface area contributed by atoms with Crippen LogP contribution in [0.2, 0.25) is 0 Å². The van der Waals surface area contributed by atoms with E-state index in [0.29, 0.717) is 0 Å². The van der Waals surface area contributed by atoms with Crippen LogP contribution in [0, 0.1) is 0 Å². The Labute approximate surface area is 106 Å². The number of amides is 3. The normalized spacial score (nSPS) is 17.8. The average Bonchev–Trinajstić information content (AvgIpc) is 2.57. The van der Waals surface area contributed by atoms with Crippen LogP contribution in [0.1, 0.15) is 31.9 Å². The van der Waals surface area contributed by atoms with Crippen molar-refractivity contribution < 1.29 is 9.59 Å². The first kappa shape index (κ1) is 12.4. The maximum absolute atomic E-state index is 11.4. The van der Waals surface area contributed by atoms with Crippen LogP contribution in [0.5, 0.6) is 0 Å². The third kappa shape index (κ3) is 2.59. The molecule has 18 heavy (non-hydrogen) atoms. The lowest BCUT2D eigenvalue weighted by molar-refractivity contribution is -0.115. The molecule has 1 aromatic rings. The van der Waals surface area contributed by atoms with E-state index in [4.69, 9.17) is 0 Å². The smallest absolute Gasteiger partial charge is 0.303 e. The monoisotopic (exact) mass is 244 g/mol. The summed E-state index contributed by atoms with van der Waals surface area (Å²) in [6.45, 7) is 6.43. The van der Waals surface area contributed by atoms with Gasteiger partial charge in [0.2, 0.25) is 0 Å². The van der Waals surface area contributed by atoms with Gasteiger partial charge in [-0.2, -0.15) is 0 Å². The number of hydrogen-bond donors (Lipinski definition) is 2. The average molecular weight is 244 g/mol. The predicted molar refractivity (Wildman–Crippen MR) is 69.8 cm³/mol. The Morgan fingerprint density at radius 2 is 1.61 bits per heavy atom. The molecule has 1 saturated heterocycles. The van der Waals surface area contributed by atoms with Gasteiger partial charge in [0, 0.05) is 0 Å². The van der Waals surface area contributed by atoms with E-state index in [2.05, 4.69) is 31.4 Å². The van der Waals surface area contributed by atoms with Gasteiger partial charge in [-0.1, -0.05) is 45.0 Å². The zero-order chi connectivity index (χ0) is 13.3. The summed E-state index contributed by atoms with van der Waals surface area (Å²) in [6.07, 6.45) is 1.66. The quantitative estimate of drug-likeness (QED) is 0.587. The summed E-state index contributed by atoms with van der Waals surface area (Å²) >= 11 is 0. The van der Waals surface area contributed by atoms with Crippen molar-refractivity contribution in [3.63, 3.8) is 0 Å². The number of imide groups is 1. The first-order chi connectivity index (χ1) is 8.36. The van der Waals surface area contributed by atoms with E-state index < -0.39 is 6.03 Å². The summed E-state index contributed by atoms with van der Waals surface area (Å²) in [5, 5.41) is 4.62. The van der Waals surface area contributed by atoms with Crippen LogP contribution in [-0.2, 0) is 10.2 Å². The molecule has 0 bridgehead atoms. The molecule has 0 spiro atoms. The minimum absolute atomic E-state index is 0.102. The number of benzene rings is 1. The SMILES string of the molecule is CC(C)(C)c1ccc(C=C2NC(=O)NC2=O)cc1. The Morgan fingerprint density at radius 1 is 1.00 bits per heavy atom. The molecule has 0 atom stereocenters. The number of carbonyl (C=O) groups is 2. The van der Waals surface area contributed by atoms with Crippen LogP contribution in [-0.4, -0.2) is 11.9 Å². The van der Waals surface area contributed by atoms with Gasteiger partial charge in [0.1, 0.15) is 5.70 Å². The van der Waals surface area contributed by atoms with Crippen molar-refractivity contribution in [1.82, 2.24) is 10.6 Å². The topological polar surface area (TPSA) is 58.2 Å². The van der Waals surface area contributed by atoms with Crippen molar-refractivity contribution >= 4 is 18.0 Å². The third-order valence-corrected chi connectivity index (χ3v) is 2.81. The highest BCUT2D eigenvalue weighted by molar-refractivity contribution is 6.13. The molecule has 4 nitrogen and oxygen atoms in total. The maximum atomic E-state index is 11.4. The Balaban J connectivity index is 2.24. The van der Waals surface area contributed by atoms with Gasteiger partial charge in [-0.15, -0.1) is 0 Å². The molecule has 0 radical (unpaired) electrons. The molecule has 0 aliphatic carbocycles. The van der Waals surface area contributed by atoms with Gasteiger partial charge in [-0.3, -0.25) is 10.1 Å². The lowest BCUT2D eigenvalue weighted by Crippen LogP contribution is -2.22. The molecule has 3 amide bonds. The fraction of sp³-hybridized carbons (Fsp3) is 0.286. The fourth-order valence-corrected chi connectivity index (χ4v) is 1.73. The zero-order valence-corrected chi connectivity index (χ0v) is 10.7. The zero-order valence-electron chi connectivity index (χ0n) is 10.7. The standard InChI is InChI=1S/C14H16N2O2/c1-14(2,3)10-6-4-9(5-7-10)8-11-12(17)16-13(18)15-11/h4-8H,1-3H3,(H2,15,16,17,18). The fourth-order valence-electron chi connectivity index (χ4n) is 1.73. The van der Waals surface area contributed by atoms with E-state index in [1.54, 1.807) is 6.08 Å². The largest absolute Gasteiger partial charge is 0.326 e. The van der Waals surface area contributed by atoms with Crippen LogP contribution >= 0.6 is 0 Å². The minimum atomic E-state index is -0.474. The van der Waals surface area contributed by atoms with Gasteiger partial charge in [-0.05, 0) is 22.6 Å². The Hall–Kier alpha value is -2.10. The van der Waals surface area contributed by atoms with Crippen molar-refractivity contribution in [3.05, 3.63) is 41.1 Å². The van der Waals surface area contributed by atoms with E-state index in [1.165, 1.54) is 5.56 Å². The molecule has 4 heteroatoms. The Kier molecular flexibility index (Phi) is 2.95. The molecule has 2 N–H and O–H groups in total. The number of carbonyl (C=O) groups excluding carboxylic acids is 2. The molecule has 2 rings (SSSR count). The van der Waals surface area contributed by atoms with Gasteiger partial charge >= 0.3 is 6.03 Å². The molecule has 1 aliphatic rings. The van der Waals surface area contributed by atoms with E-state index in [9.17, 15) is 9.59 Å². The van der Waals surface area contributed by atoms with Crippen LogP contribution < -0.4 is 10.6 Å². The van der Waals surface area contributed by atoms with Crippen molar-refractivity contribution in [3.8, 4) is 0 Å². The molecule has 0 aromatic heterocycles.